The van der Waals surface area contributed by atoms with Crippen LogP contribution in [0.2, 0.25) is 0 Å². The van der Waals surface area contributed by atoms with Gasteiger partial charge in [0.15, 0.2) is 5.69 Å². The molecule has 25 heavy (non-hydrogen) atoms. The van der Waals surface area contributed by atoms with Crippen molar-refractivity contribution < 1.29 is 4.79 Å². The molecule has 1 saturated carbocycles. The van der Waals surface area contributed by atoms with Gasteiger partial charge in [-0.1, -0.05) is 36.4 Å². The summed E-state index contributed by atoms with van der Waals surface area (Å²) in [5, 5.41) is 9.52. The lowest BCUT2D eigenvalue weighted by atomic mass is 10.0. The first-order chi connectivity index (χ1) is 12.1. The Labute approximate surface area is 155 Å². The Morgan fingerprint density at radius 3 is 2.60 bits per heavy atom. The average Bonchev–Trinajstić information content (AvgIpc) is 3.40. The minimum Gasteiger partial charge on any atom is -0.327 e. The molecule has 0 bridgehead atoms. The van der Waals surface area contributed by atoms with E-state index in [1.54, 1.807) is 0 Å². The van der Waals surface area contributed by atoms with E-state index in [2.05, 4.69) is 63.4 Å². The number of rotatable bonds is 4. The number of nitrogens with zero attached hydrogens (tertiary/aromatic N) is 2. The monoisotopic (exact) mass is 397 g/mol. The summed E-state index contributed by atoms with van der Waals surface area (Å²) in [5.74, 6) is -0.0145. The Morgan fingerprint density at radius 2 is 1.96 bits per heavy atom. The Hall–Kier alpha value is -2.14. The van der Waals surface area contributed by atoms with Gasteiger partial charge in [-0.25, -0.2) is 0 Å². The molecule has 2 aromatic carbocycles. The Balaban J connectivity index is 1.70. The molecular formula is C20H20BrN3O. The van der Waals surface area contributed by atoms with E-state index in [0.717, 1.165) is 28.6 Å². The second-order valence-electron chi connectivity index (χ2n) is 6.74. The molecule has 1 atom stereocenters. The number of hydrogen-bond acceptors (Lipinski definition) is 2. The molecule has 0 saturated heterocycles. The number of halogens is 1. The summed E-state index contributed by atoms with van der Waals surface area (Å²) in [5.41, 5.74) is 2.50. The predicted octanol–water partition coefficient (Wildman–Crippen LogP) is 5.00. The Bertz CT molecular complexity index is 945. The third-order valence-electron chi connectivity index (χ3n) is 4.92. The van der Waals surface area contributed by atoms with Gasteiger partial charge in [0.05, 0.1) is 10.5 Å². The molecule has 4 nitrogen and oxygen atoms in total. The van der Waals surface area contributed by atoms with Crippen molar-refractivity contribution in [3.8, 4) is 0 Å². The SMILES string of the molecule is Cc1[nH]nc(C(=O)N(C2CC2)[C@@H](C)c2ccc3ccccc3c2)c1Br. The van der Waals surface area contributed by atoms with Gasteiger partial charge in [0.2, 0.25) is 0 Å². The molecule has 1 fully saturated rings. The van der Waals surface area contributed by atoms with Crippen LogP contribution in [0, 0.1) is 6.92 Å². The summed E-state index contributed by atoms with van der Waals surface area (Å²) >= 11 is 3.49. The van der Waals surface area contributed by atoms with Crippen molar-refractivity contribution >= 4 is 32.6 Å². The molecule has 4 rings (SSSR count). The van der Waals surface area contributed by atoms with Crippen LogP contribution in [0.15, 0.2) is 46.9 Å². The highest BCUT2D eigenvalue weighted by Gasteiger charge is 2.38. The molecule has 0 spiro atoms. The maximum absolute atomic E-state index is 13.2. The number of fused-ring (bicyclic) bond motifs is 1. The lowest BCUT2D eigenvalue weighted by Crippen LogP contribution is -2.36. The van der Waals surface area contributed by atoms with Crippen LogP contribution in [0.3, 0.4) is 0 Å². The number of aromatic amines is 1. The number of hydrogen-bond donors (Lipinski definition) is 1. The molecule has 1 N–H and O–H groups in total. The number of aromatic nitrogens is 2. The van der Waals surface area contributed by atoms with Crippen LogP contribution in [0.5, 0.6) is 0 Å². The van der Waals surface area contributed by atoms with E-state index in [-0.39, 0.29) is 11.9 Å². The fraction of sp³-hybridized carbons (Fsp3) is 0.300. The highest BCUT2D eigenvalue weighted by Crippen LogP contribution is 2.37. The van der Waals surface area contributed by atoms with Crippen LogP contribution in [0.1, 0.15) is 47.6 Å². The molecule has 0 aliphatic heterocycles. The van der Waals surface area contributed by atoms with Crippen molar-refractivity contribution in [3.63, 3.8) is 0 Å². The van der Waals surface area contributed by atoms with Crippen molar-refractivity contribution in [2.24, 2.45) is 0 Å². The third kappa shape index (κ3) is 2.97. The van der Waals surface area contributed by atoms with Gasteiger partial charge >= 0.3 is 0 Å². The number of carbonyl (C=O) groups excluding carboxylic acids is 1. The van der Waals surface area contributed by atoms with Crippen molar-refractivity contribution in [1.29, 1.82) is 0 Å². The van der Waals surface area contributed by atoms with Gasteiger partial charge in [-0.05, 0) is 65.0 Å². The zero-order chi connectivity index (χ0) is 17.6. The topological polar surface area (TPSA) is 49.0 Å². The first kappa shape index (κ1) is 16.3. The van der Waals surface area contributed by atoms with Gasteiger partial charge in [0, 0.05) is 11.7 Å². The normalized spacial score (nSPS) is 15.3. The van der Waals surface area contributed by atoms with Gasteiger partial charge < -0.3 is 4.90 Å². The number of H-pyrrole nitrogens is 1. The first-order valence-electron chi connectivity index (χ1n) is 8.58. The van der Waals surface area contributed by atoms with Crippen LogP contribution in [-0.2, 0) is 0 Å². The Morgan fingerprint density at radius 1 is 1.24 bits per heavy atom. The number of amides is 1. The van der Waals surface area contributed by atoms with Gasteiger partial charge in [-0.2, -0.15) is 5.10 Å². The molecule has 1 aliphatic carbocycles. The van der Waals surface area contributed by atoms with Crippen LogP contribution in [0.4, 0.5) is 0 Å². The van der Waals surface area contributed by atoms with Crippen molar-refractivity contribution in [1.82, 2.24) is 15.1 Å². The number of aryl methyl sites for hydroxylation is 1. The number of nitrogens with one attached hydrogen (secondary N) is 1. The molecule has 1 amide bonds. The average molecular weight is 398 g/mol. The van der Waals surface area contributed by atoms with E-state index in [9.17, 15) is 4.79 Å². The quantitative estimate of drug-likeness (QED) is 0.673. The fourth-order valence-electron chi connectivity index (χ4n) is 3.32. The predicted molar refractivity (Wildman–Crippen MR) is 103 cm³/mol. The molecule has 5 heteroatoms. The summed E-state index contributed by atoms with van der Waals surface area (Å²) in [6.07, 6.45) is 2.12. The smallest absolute Gasteiger partial charge is 0.276 e. The molecule has 3 aromatic rings. The van der Waals surface area contributed by atoms with Crippen LogP contribution in [-0.4, -0.2) is 27.0 Å². The maximum Gasteiger partial charge on any atom is 0.276 e. The van der Waals surface area contributed by atoms with E-state index >= 15 is 0 Å². The first-order valence-corrected chi connectivity index (χ1v) is 9.37. The number of benzene rings is 2. The van der Waals surface area contributed by atoms with E-state index in [1.807, 2.05) is 24.0 Å². The van der Waals surface area contributed by atoms with E-state index in [4.69, 9.17) is 0 Å². The molecule has 1 aromatic heterocycles. The second kappa shape index (κ2) is 6.30. The summed E-state index contributed by atoms with van der Waals surface area (Å²) in [6.45, 7) is 4.01. The minimum absolute atomic E-state index is 0.00788. The molecule has 1 heterocycles. The number of carbonyl (C=O) groups is 1. The van der Waals surface area contributed by atoms with Crippen LogP contribution >= 0.6 is 15.9 Å². The van der Waals surface area contributed by atoms with E-state index in [0.29, 0.717) is 11.7 Å². The summed E-state index contributed by atoms with van der Waals surface area (Å²) in [4.78, 5) is 15.1. The summed E-state index contributed by atoms with van der Waals surface area (Å²) in [7, 11) is 0. The van der Waals surface area contributed by atoms with Gasteiger partial charge in [-0.15, -0.1) is 0 Å². The highest BCUT2D eigenvalue weighted by atomic mass is 79.9. The molecule has 128 valence electrons. The lowest BCUT2D eigenvalue weighted by molar-refractivity contribution is 0.0667. The minimum atomic E-state index is -0.0145. The van der Waals surface area contributed by atoms with Crippen molar-refractivity contribution in [2.75, 3.05) is 0 Å². The van der Waals surface area contributed by atoms with Crippen molar-refractivity contribution in [3.05, 3.63) is 63.9 Å². The van der Waals surface area contributed by atoms with Gasteiger partial charge in [0.1, 0.15) is 0 Å². The molecule has 0 unspecified atom stereocenters. The maximum atomic E-state index is 13.2. The van der Waals surface area contributed by atoms with Crippen LogP contribution in [0.25, 0.3) is 10.8 Å². The fourth-order valence-corrected chi connectivity index (χ4v) is 3.67. The van der Waals surface area contributed by atoms with E-state index < -0.39 is 0 Å². The van der Waals surface area contributed by atoms with E-state index in [1.165, 1.54) is 10.8 Å². The largest absolute Gasteiger partial charge is 0.327 e. The highest BCUT2D eigenvalue weighted by molar-refractivity contribution is 9.10. The van der Waals surface area contributed by atoms with Crippen molar-refractivity contribution in [2.45, 2.75) is 38.8 Å². The lowest BCUT2D eigenvalue weighted by Gasteiger charge is -2.29. The zero-order valence-electron chi connectivity index (χ0n) is 14.3. The second-order valence-corrected chi connectivity index (χ2v) is 7.53. The van der Waals surface area contributed by atoms with Crippen LogP contribution < -0.4 is 0 Å². The summed E-state index contributed by atoms with van der Waals surface area (Å²) in [6, 6.07) is 15.1. The molecule has 1 aliphatic rings. The summed E-state index contributed by atoms with van der Waals surface area (Å²) < 4.78 is 0.758. The van der Waals surface area contributed by atoms with Gasteiger partial charge in [0.25, 0.3) is 5.91 Å². The molecular weight excluding hydrogens is 378 g/mol. The zero-order valence-corrected chi connectivity index (χ0v) is 15.9. The molecule has 0 radical (unpaired) electrons. The standard InChI is InChI=1S/C20H20BrN3O/c1-12-18(21)19(23-22-12)20(25)24(17-9-10-17)13(2)15-8-7-14-5-3-4-6-16(14)11-15/h3-8,11,13,17H,9-10H2,1-2H3,(H,22,23)/t13-/m0/s1. The Kier molecular flexibility index (Phi) is 4.12. The van der Waals surface area contributed by atoms with Gasteiger partial charge in [-0.3, -0.25) is 9.89 Å². The third-order valence-corrected chi connectivity index (χ3v) is 5.89.